The van der Waals surface area contributed by atoms with Crippen molar-refractivity contribution in [1.82, 2.24) is 35.1 Å². The number of aromatic amines is 1. The molecule has 0 aliphatic heterocycles. The monoisotopic (exact) mass is 473 g/mol. The summed E-state index contributed by atoms with van der Waals surface area (Å²) in [5, 5.41) is 13.8. The van der Waals surface area contributed by atoms with Gasteiger partial charge < -0.3 is 4.98 Å². The minimum absolute atomic E-state index is 0.0655. The topological polar surface area (TPSA) is 92.6 Å². The third-order valence-corrected chi connectivity index (χ3v) is 6.45. The minimum Gasteiger partial charge on any atom is -0.322 e. The van der Waals surface area contributed by atoms with E-state index < -0.39 is 0 Å². The lowest BCUT2D eigenvalue weighted by Crippen LogP contribution is -2.35. The van der Waals surface area contributed by atoms with Crippen LogP contribution in [0.1, 0.15) is 74.7 Å². The standard InChI is InChI=1S/C27H35N7O/c1-7-9-24(25-30-31-32-34(25)27(4,5)6)33(16-20-10-8-11-28-15-20)17-22-14-21-12-18(2)19(3)13-23(21)29-26(22)35/h8,10-15,24H,7,9,16-17H2,1-6H3,(H,29,35). The summed E-state index contributed by atoms with van der Waals surface area (Å²) in [6, 6.07) is 10.1. The molecule has 0 saturated carbocycles. The van der Waals surface area contributed by atoms with Crippen molar-refractivity contribution in [3.8, 4) is 0 Å². The Morgan fingerprint density at radius 2 is 1.89 bits per heavy atom. The molecule has 0 saturated heterocycles. The van der Waals surface area contributed by atoms with Gasteiger partial charge in [-0.1, -0.05) is 19.4 Å². The van der Waals surface area contributed by atoms with Crippen LogP contribution in [0.15, 0.2) is 47.5 Å². The van der Waals surface area contributed by atoms with Crippen molar-refractivity contribution in [2.45, 2.75) is 79.1 Å². The lowest BCUT2D eigenvalue weighted by atomic mass is 10.0. The zero-order valence-electron chi connectivity index (χ0n) is 21.5. The molecule has 0 bridgehead atoms. The largest absolute Gasteiger partial charge is 0.322 e. The van der Waals surface area contributed by atoms with Crippen molar-refractivity contribution >= 4 is 10.9 Å². The lowest BCUT2D eigenvalue weighted by molar-refractivity contribution is 0.148. The molecule has 35 heavy (non-hydrogen) atoms. The highest BCUT2D eigenvalue weighted by Gasteiger charge is 2.30. The average Bonchev–Trinajstić information content (AvgIpc) is 3.30. The van der Waals surface area contributed by atoms with Gasteiger partial charge in [-0.15, -0.1) is 5.10 Å². The van der Waals surface area contributed by atoms with Crippen LogP contribution in [0.5, 0.6) is 0 Å². The summed E-state index contributed by atoms with van der Waals surface area (Å²) >= 11 is 0. The van der Waals surface area contributed by atoms with Crippen molar-refractivity contribution in [3.63, 3.8) is 0 Å². The van der Waals surface area contributed by atoms with Crippen LogP contribution in [0.4, 0.5) is 0 Å². The van der Waals surface area contributed by atoms with Crippen LogP contribution in [-0.2, 0) is 18.6 Å². The molecule has 8 nitrogen and oxygen atoms in total. The number of benzene rings is 1. The molecule has 1 atom stereocenters. The number of rotatable bonds is 8. The van der Waals surface area contributed by atoms with Gasteiger partial charge in [-0.25, -0.2) is 4.68 Å². The maximum atomic E-state index is 13.2. The van der Waals surface area contributed by atoms with Gasteiger partial charge in [-0.3, -0.25) is 14.7 Å². The minimum atomic E-state index is -0.263. The number of nitrogens with zero attached hydrogens (tertiary/aromatic N) is 6. The summed E-state index contributed by atoms with van der Waals surface area (Å²) in [4.78, 5) is 22.9. The molecule has 0 aliphatic carbocycles. The number of hydrogen-bond donors (Lipinski definition) is 1. The van der Waals surface area contributed by atoms with Crippen LogP contribution in [0.25, 0.3) is 10.9 Å². The lowest BCUT2D eigenvalue weighted by Gasteiger charge is -2.32. The van der Waals surface area contributed by atoms with Gasteiger partial charge in [0.1, 0.15) is 0 Å². The second-order valence-corrected chi connectivity index (χ2v) is 10.3. The predicted molar refractivity (Wildman–Crippen MR) is 138 cm³/mol. The van der Waals surface area contributed by atoms with Gasteiger partial charge in [0.25, 0.3) is 5.56 Å². The third-order valence-electron chi connectivity index (χ3n) is 6.45. The van der Waals surface area contributed by atoms with Crippen LogP contribution < -0.4 is 5.56 Å². The Kier molecular flexibility index (Phi) is 7.12. The van der Waals surface area contributed by atoms with E-state index in [4.69, 9.17) is 0 Å². The van der Waals surface area contributed by atoms with Gasteiger partial charge >= 0.3 is 0 Å². The number of pyridine rings is 2. The van der Waals surface area contributed by atoms with Crippen LogP contribution in [0.2, 0.25) is 0 Å². The molecule has 0 aliphatic rings. The molecular formula is C27H35N7O. The Morgan fingerprint density at radius 1 is 1.11 bits per heavy atom. The first kappa shape index (κ1) is 24.7. The molecule has 0 amide bonds. The summed E-state index contributed by atoms with van der Waals surface area (Å²) in [7, 11) is 0. The fourth-order valence-corrected chi connectivity index (χ4v) is 4.49. The molecule has 8 heteroatoms. The van der Waals surface area contributed by atoms with Gasteiger partial charge in [0, 0.05) is 36.6 Å². The Hall–Kier alpha value is -3.39. The predicted octanol–water partition coefficient (Wildman–Crippen LogP) is 4.83. The number of aromatic nitrogens is 6. The van der Waals surface area contributed by atoms with Crippen molar-refractivity contribution in [1.29, 1.82) is 0 Å². The molecule has 4 rings (SSSR count). The number of nitrogens with one attached hydrogen (secondary N) is 1. The Morgan fingerprint density at radius 3 is 2.57 bits per heavy atom. The quantitative estimate of drug-likeness (QED) is 0.394. The average molecular weight is 474 g/mol. The van der Waals surface area contributed by atoms with Crippen molar-refractivity contribution < 1.29 is 0 Å². The van der Waals surface area contributed by atoms with Crippen LogP contribution >= 0.6 is 0 Å². The summed E-state index contributed by atoms with van der Waals surface area (Å²) in [6.07, 6.45) is 5.47. The van der Waals surface area contributed by atoms with Gasteiger partial charge in [0.05, 0.1) is 11.6 Å². The maximum absolute atomic E-state index is 13.2. The van der Waals surface area contributed by atoms with Gasteiger partial charge in [0.15, 0.2) is 5.82 Å². The highest BCUT2D eigenvalue weighted by Crippen LogP contribution is 2.30. The second kappa shape index (κ2) is 10.1. The van der Waals surface area contributed by atoms with E-state index in [0.29, 0.717) is 13.1 Å². The number of tetrazole rings is 1. The molecule has 3 aromatic heterocycles. The normalized spacial score (nSPS) is 13.0. The van der Waals surface area contributed by atoms with Gasteiger partial charge in [0.2, 0.25) is 0 Å². The third kappa shape index (κ3) is 5.48. The molecule has 184 valence electrons. The maximum Gasteiger partial charge on any atom is 0.252 e. The van der Waals surface area contributed by atoms with Gasteiger partial charge in [-0.05, 0) is 97.8 Å². The fraction of sp³-hybridized carbons (Fsp3) is 0.444. The molecular weight excluding hydrogens is 438 g/mol. The summed E-state index contributed by atoms with van der Waals surface area (Å²) in [6.45, 7) is 13.7. The summed E-state index contributed by atoms with van der Waals surface area (Å²) in [5.74, 6) is 0.812. The van der Waals surface area contributed by atoms with E-state index in [0.717, 1.165) is 46.3 Å². The molecule has 0 radical (unpaired) electrons. The highest BCUT2D eigenvalue weighted by molar-refractivity contribution is 5.80. The molecule has 0 fully saturated rings. The number of H-pyrrole nitrogens is 1. The zero-order chi connectivity index (χ0) is 25.2. The van der Waals surface area contributed by atoms with E-state index in [2.05, 4.69) is 84.1 Å². The first-order valence-corrected chi connectivity index (χ1v) is 12.2. The molecule has 0 spiro atoms. The van der Waals surface area contributed by atoms with E-state index in [1.54, 1.807) is 6.20 Å². The highest BCUT2D eigenvalue weighted by atomic mass is 16.1. The SMILES string of the molecule is CCCC(c1nnnn1C(C)(C)C)N(Cc1cccnc1)Cc1cc2cc(C)c(C)cc2[nH]c1=O. The number of hydrogen-bond acceptors (Lipinski definition) is 6. The molecule has 1 N–H and O–H groups in total. The molecule has 3 heterocycles. The van der Waals surface area contributed by atoms with Crippen molar-refractivity contribution in [2.75, 3.05) is 0 Å². The molecule has 1 unspecified atom stereocenters. The fourth-order valence-electron chi connectivity index (χ4n) is 4.49. The summed E-state index contributed by atoms with van der Waals surface area (Å²) in [5.41, 5.74) is 4.70. The Labute approximate surface area is 206 Å². The first-order chi connectivity index (χ1) is 16.7. The molecule has 1 aromatic carbocycles. The van der Waals surface area contributed by atoms with E-state index >= 15 is 0 Å². The zero-order valence-corrected chi connectivity index (χ0v) is 21.5. The summed E-state index contributed by atoms with van der Waals surface area (Å²) < 4.78 is 1.90. The van der Waals surface area contributed by atoms with E-state index in [9.17, 15) is 4.79 Å². The van der Waals surface area contributed by atoms with E-state index in [1.807, 2.05) is 29.1 Å². The van der Waals surface area contributed by atoms with Crippen LogP contribution in [0, 0.1) is 13.8 Å². The smallest absolute Gasteiger partial charge is 0.252 e. The van der Waals surface area contributed by atoms with Crippen molar-refractivity contribution in [2.24, 2.45) is 0 Å². The van der Waals surface area contributed by atoms with Crippen LogP contribution in [0.3, 0.4) is 0 Å². The van der Waals surface area contributed by atoms with Gasteiger partial charge in [-0.2, -0.15) is 0 Å². The van der Waals surface area contributed by atoms with Crippen molar-refractivity contribution in [3.05, 3.63) is 81.2 Å². The Bertz CT molecular complexity index is 1350. The van der Waals surface area contributed by atoms with E-state index in [1.165, 1.54) is 5.56 Å². The number of aryl methyl sites for hydroxylation is 2. The van der Waals surface area contributed by atoms with E-state index in [-0.39, 0.29) is 17.1 Å². The second-order valence-electron chi connectivity index (χ2n) is 10.3. The number of fused-ring (bicyclic) bond motifs is 1. The van der Waals surface area contributed by atoms with Crippen LogP contribution in [-0.4, -0.2) is 35.1 Å². The molecule has 4 aromatic rings. The Balaban J connectivity index is 1.79. The first-order valence-electron chi connectivity index (χ1n) is 12.2.